The molecule has 0 bridgehead atoms. The highest BCUT2D eigenvalue weighted by molar-refractivity contribution is 6.33. The number of benzene rings is 2. The minimum Gasteiger partial charge on any atom is -0.323 e. The number of hydrogen-bond donors (Lipinski definition) is 0. The number of hydrogen-bond acceptors (Lipinski definition) is 0. The highest BCUT2D eigenvalue weighted by Gasteiger charge is 2.05. The first-order valence-electron chi connectivity index (χ1n) is 5.49. The molecule has 0 unspecified atom stereocenters. The van der Waals surface area contributed by atoms with E-state index in [1.54, 1.807) is 0 Å². The lowest BCUT2D eigenvalue weighted by Gasteiger charge is -2.07. The van der Waals surface area contributed by atoms with E-state index < -0.39 is 0 Å². The van der Waals surface area contributed by atoms with Crippen LogP contribution in [0.15, 0.2) is 60.7 Å². The lowest BCUT2D eigenvalue weighted by Crippen LogP contribution is -2.14. The molecule has 0 atom stereocenters. The third kappa shape index (κ3) is 1.35. The van der Waals surface area contributed by atoms with Gasteiger partial charge < -0.3 is 4.57 Å². The van der Waals surface area contributed by atoms with Crippen molar-refractivity contribution in [3.05, 3.63) is 60.7 Å². The summed E-state index contributed by atoms with van der Waals surface area (Å²) in [5.74, 6) is 0. The van der Waals surface area contributed by atoms with Crippen LogP contribution in [0.25, 0.3) is 16.6 Å². The van der Waals surface area contributed by atoms with Crippen molar-refractivity contribution in [2.75, 3.05) is 0 Å². The van der Waals surface area contributed by atoms with Crippen LogP contribution in [0.2, 0.25) is 0 Å². The van der Waals surface area contributed by atoms with Crippen LogP contribution >= 0.6 is 0 Å². The van der Waals surface area contributed by atoms with Crippen molar-refractivity contribution >= 4 is 24.3 Å². The Morgan fingerprint density at radius 2 is 1.50 bits per heavy atom. The topological polar surface area (TPSA) is 4.93 Å². The van der Waals surface area contributed by atoms with Gasteiger partial charge in [0, 0.05) is 5.69 Å². The molecule has 0 aliphatic heterocycles. The maximum atomic E-state index is 2.29. The van der Waals surface area contributed by atoms with E-state index in [0.717, 1.165) is 0 Å². The van der Waals surface area contributed by atoms with Crippen LogP contribution in [0, 0.1) is 0 Å². The molecule has 0 spiro atoms. The molecule has 0 fully saturated rings. The molecule has 0 saturated carbocycles. The molecule has 1 nitrogen and oxygen atoms in total. The standard InChI is InChI=1S/C14H12BN/c15-14-10-11-6-4-5-9-13(11)16(14)12-7-2-1-3-8-12/h1-10H,15H2. The largest absolute Gasteiger partial charge is 0.323 e. The predicted molar refractivity (Wildman–Crippen MR) is 71.5 cm³/mol. The van der Waals surface area contributed by atoms with Gasteiger partial charge in [0.25, 0.3) is 0 Å². The van der Waals surface area contributed by atoms with Crippen LogP contribution in [-0.2, 0) is 0 Å². The second-order valence-corrected chi connectivity index (χ2v) is 4.02. The predicted octanol–water partition coefficient (Wildman–Crippen LogP) is 1.89. The quantitative estimate of drug-likeness (QED) is 0.534. The summed E-state index contributed by atoms with van der Waals surface area (Å²) in [6.07, 6.45) is 0. The first-order chi connectivity index (χ1) is 7.86. The first kappa shape index (κ1) is 9.28. The first-order valence-corrected chi connectivity index (χ1v) is 5.49. The van der Waals surface area contributed by atoms with E-state index >= 15 is 0 Å². The van der Waals surface area contributed by atoms with E-state index in [1.165, 1.54) is 22.2 Å². The summed E-state index contributed by atoms with van der Waals surface area (Å²) < 4.78 is 2.29. The zero-order valence-corrected chi connectivity index (χ0v) is 9.22. The Balaban J connectivity index is 2.35. The smallest absolute Gasteiger partial charge is 0.161 e. The van der Waals surface area contributed by atoms with E-state index in [4.69, 9.17) is 0 Å². The summed E-state index contributed by atoms with van der Waals surface area (Å²) in [7, 11) is 2.15. The highest BCUT2D eigenvalue weighted by Crippen LogP contribution is 2.17. The van der Waals surface area contributed by atoms with Crippen LogP contribution in [0.3, 0.4) is 0 Å². The van der Waals surface area contributed by atoms with E-state index in [-0.39, 0.29) is 0 Å². The summed E-state index contributed by atoms with van der Waals surface area (Å²) in [6.45, 7) is 0. The van der Waals surface area contributed by atoms with Gasteiger partial charge in [-0.25, -0.2) is 0 Å². The van der Waals surface area contributed by atoms with Gasteiger partial charge in [0.1, 0.15) is 0 Å². The molecule has 1 aromatic heterocycles. The normalized spacial score (nSPS) is 10.8. The van der Waals surface area contributed by atoms with Crippen molar-refractivity contribution in [2.45, 2.75) is 0 Å². The number of nitrogens with zero attached hydrogens (tertiary/aromatic N) is 1. The molecule has 2 aromatic carbocycles. The van der Waals surface area contributed by atoms with Gasteiger partial charge in [-0.2, -0.15) is 0 Å². The maximum absolute atomic E-state index is 2.29. The number of fused-ring (bicyclic) bond motifs is 1. The Hall–Kier alpha value is -1.96. The molecule has 0 amide bonds. The summed E-state index contributed by atoms with van der Waals surface area (Å²) >= 11 is 0. The molecule has 1 heterocycles. The zero-order valence-electron chi connectivity index (χ0n) is 9.22. The van der Waals surface area contributed by atoms with Gasteiger partial charge in [0.2, 0.25) is 0 Å². The second kappa shape index (κ2) is 3.56. The number of rotatable bonds is 1. The van der Waals surface area contributed by atoms with Crippen molar-refractivity contribution in [3.63, 3.8) is 0 Å². The van der Waals surface area contributed by atoms with Crippen molar-refractivity contribution in [2.24, 2.45) is 0 Å². The van der Waals surface area contributed by atoms with Gasteiger partial charge in [0.05, 0.1) is 5.52 Å². The molecular formula is C14H12BN. The molecule has 0 saturated heterocycles. The minimum atomic E-state index is 1.22. The molecule has 0 aliphatic carbocycles. The lowest BCUT2D eigenvalue weighted by molar-refractivity contribution is 1.17. The molecule has 3 rings (SSSR count). The van der Waals surface area contributed by atoms with Crippen molar-refractivity contribution in [3.8, 4) is 5.69 Å². The molecule has 16 heavy (non-hydrogen) atoms. The molecule has 3 aromatic rings. The third-order valence-corrected chi connectivity index (χ3v) is 2.91. The van der Waals surface area contributed by atoms with Gasteiger partial charge in [-0.3, -0.25) is 0 Å². The molecular weight excluding hydrogens is 193 g/mol. The number of para-hydroxylation sites is 2. The fraction of sp³-hybridized carbons (Fsp3) is 0. The van der Waals surface area contributed by atoms with Gasteiger partial charge >= 0.3 is 0 Å². The van der Waals surface area contributed by atoms with Gasteiger partial charge in [-0.05, 0) is 35.2 Å². The summed E-state index contributed by atoms with van der Waals surface area (Å²) in [4.78, 5) is 0. The Kier molecular flexibility index (Phi) is 2.07. The molecule has 2 heteroatoms. The average Bonchev–Trinajstić information content (AvgIpc) is 2.66. The fourth-order valence-corrected chi connectivity index (χ4v) is 2.21. The Morgan fingerprint density at radius 3 is 2.31 bits per heavy atom. The lowest BCUT2D eigenvalue weighted by atomic mass is 10.0. The van der Waals surface area contributed by atoms with Crippen molar-refractivity contribution in [1.29, 1.82) is 0 Å². The highest BCUT2D eigenvalue weighted by atomic mass is 15.0. The van der Waals surface area contributed by atoms with E-state index in [9.17, 15) is 0 Å². The van der Waals surface area contributed by atoms with Crippen molar-refractivity contribution in [1.82, 2.24) is 4.57 Å². The monoisotopic (exact) mass is 205 g/mol. The summed E-state index contributed by atoms with van der Waals surface area (Å²) in [5.41, 5.74) is 3.76. The minimum absolute atomic E-state index is 1.22. The van der Waals surface area contributed by atoms with Gasteiger partial charge in [-0.15, -0.1) is 0 Å². The maximum Gasteiger partial charge on any atom is 0.161 e. The average molecular weight is 205 g/mol. The van der Waals surface area contributed by atoms with E-state index in [2.05, 4.69) is 67.0 Å². The van der Waals surface area contributed by atoms with Crippen LogP contribution in [-0.4, -0.2) is 12.4 Å². The second-order valence-electron chi connectivity index (χ2n) is 4.02. The van der Waals surface area contributed by atoms with Crippen LogP contribution in [0.4, 0.5) is 0 Å². The van der Waals surface area contributed by atoms with Crippen LogP contribution in [0.1, 0.15) is 0 Å². The van der Waals surface area contributed by atoms with Gasteiger partial charge in [-0.1, -0.05) is 36.4 Å². The summed E-state index contributed by atoms with van der Waals surface area (Å²) in [5, 5.41) is 1.30. The molecule has 76 valence electrons. The van der Waals surface area contributed by atoms with E-state index in [0.29, 0.717) is 0 Å². The SMILES string of the molecule is Bc1cc2ccccc2n1-c1ccccc1. The Morgan fingerprint density at radius 1 is 0.812 bits per heavy atom. The summed E-state index contributed by atoms with van der Waals surface area (Å²) in [6, 6.07) is 21.2. The Bertz CT molecular complexity index is 626. The van der Waals surface area contributed by atoms with Gasteiger partial charge in [0.15, 0.2) is 7.85 Å². The molecule has 0 aliphatic rings. The van der Waals surface area contributed by atoms with Crippen LogP contribution < -0.4 is 5.59 Å². The van der Waals surface area contributed by atoms with E-state index in [1.807, 2.05) is 6.07 Å². The molecule has 0 N–H and O–H groups in total. The number of aromatic nitrogens is 1. The molecule has 0 radical (unpaired) electrons. The van der Waals surface area contributed by atoms with Crippen LogP contribution in [0.5, 0.6) is 0 Å². The Labute approximate surface area is 95.7 Å². The zero-order chi connectivity index (χ0) is 11.0. The fourth-order valence-electron chi connectivity index (χ4n) is 2.21. The third-order valence-electron chi connectivity index (χ3n) is 2.91. The van der Waals surface area contributed by atoms with Crippen molar-refractivity contribution < 1.29 is 0 Å².